The Hall–Kier alpha value is -1.43. The van der Waals surface area contributed by atoms with E-state index in [2.05, 4.69) is 22.5 Å². The zero-order chi connectivity index (χ0) is 20.8. The summed E-state index contributed by atoms with van der Waals surface area (Å²) in [7, 11) is 1.67. The zero-order valence-corrected chi connectivity index (χ0v) is 21.2. The van der Waals surface area contributed by atoms with E-state index in [0.717, 1.165) is 67.1 Å². The van der Waals surface area contributed by atoms with Gasteiger partial charge in [0.2, 0.25) is 0 Å². The van der Waals surface area contributed by atoms with Gasteiger partial charge in [0, 0.05) is 37.2 Å². The summed E-state index contributed by atoms with van der Waals surface area (Å²) < 4.78 is 17.1. The van der Waals surface area contributed by atoms with Crippen LogP contribution in [0.2, 0.25) is 0 Å². The van der Waals surface area contributed by atoms with E-state index in [4.69, 9.17) is 24.2 Å². The topological polar surface area (TPSA) is 68.2 Å². The summed E-state index contributed by atoms with van der Waals surface area (Å²) >= 11 is 1.64. The fraction of sp³-hybridized carbons (Fsp3) is 0.545. The van der Waals surface area contributed by atoms with E-state index >= 15 is 0 Å². The maximum Gasteiger partial charge on any atom is 0.194 e. The van der Waals surface area contributed by atoms with E-state index in [9.17, 15) is 0 Å². The molecule has 1 aromatic heterocycles. The van der Waals surface area contributed by atoms with Gasteiger partial charge in [0.05, 0.1) is 32.1 Å². The molecule has 0 saturated carbocycles. The van der Waals surface area contributed by atoms with Crippen molar-refractivity contribution in [2.24, 2.45) is 4.99 Å². The molecule has 7 nitrogen and oxygen atoms in total. The van der Waals surface area contributed by atoms with Gasteiger partial charge in [-0.2, -0.15) is 0 Å². The third-order valence-electron chi connectivity index (χ3n) is 5.39. The minimum absolute atomic E-state index is 0. The first-order chi connectivity index (χ1) is 14.8. The molecule has 2 atom stereocenters. The minimum atomic E-state index is 0. The number of rotatable bonds is 6. The Morgan fingerprint density at radius 3 is 2.77 bits per heavy atom. The van der Waals surface area contributed by atoms with Crippen molar-refractivity contribution >= 4 is 41.3 Å². The van der Waals surface area contributed by atoms with Gasteiger partial charge in [0.25, 0.3) is 0 Å². The molecule has 4 rings (SSSR count). The first-order valence-electron chi connectivity index (χ1n) is 10.6. The molecular formula is C22H31IN4O3S. The smallest absolute Gasteiger partial charge is 0.194 e. The lowest BCUT2D eigenvalue weighted by Crippen LogP contribution is -2.53. The Bertz CT molecular complexity index is 840. The highest BCUT2D eigenvalue weighted by Crippen LogP contribution is 2.26. The van der Waals surface area contributed by atoms with E-state index in [1.165, 1.54) is 0 Å². The molecule has 3 heterocycles. The number of halogens is 1. The summed E-state index contributed by atoms with van der Waals surface area (Å²) in [6.07, 6.45) is 2.53. The molecule has 0 bridgehead atoms. The average molecular weight is 558 g/mol. The van der Waals surface area contributed by atoms with Gasteiger partial charge in [-0.15, -0.1) is 35.3 Å². The number of ether oxygens (including phenoxy) is 3. The van der Waals surface area contributed by atoms with Crippen LogP contribution in [0.4, 0.5) is 0 Å². The predicted octanol–water partition coefficient (Wildman–Crippen LogP) is 3.78. The number of aliphatic imine (C=N–C) groups is 1. The van der Waals surface area contributed by atoms with Crippen molar-refractivity contribution in [3.63, 3.8) is 0 Å². The maximum absolute atomic E-state index is 5.98. The maximum atomic E-state index is 5.98. The van der Waals surface area contributed by atoms with Crippen LogP contribution in [0.5, 0.6) is 5.75 Å². The van der Waals surface area contributed by atoms with Gasteiger partial charge in [-0.1, -0.05) is 0 Å². The van der Waals surface area contributed by atoms with Gasteiger partial charge in [0.15, 0.2) is 5.96 Å². The standard InChI is InChI=1S/C22H30N4O3S.HI/c1-3-23-22(26-10-12-29-20(14-26)19-5-4-11-28-19)24-13-17-15-30-21(25-17)16-6-8-18(27-2)9-7-16;/h6-9,15,19-20H,3-5,10-14H2,1-2H3,(H,23,24);1H. The Labute approximate surface area is 205 Å². The third kappa shape index (κ3) is 6.30. The number of hydrogen-bond donors (Lipinski definition) is 1. The molecule has 1 aromatic carbocycles. The van der Waals surface area contributed by atoms with Gasteiger partial charge in [-0.25, -0.2) is 9.98 Å². The van der Waals surface area contributed by atoms with Crippen molar-refractivity contribution in [3.8, 4) is 16.3 Å². The Morgan fingerprint density at radius 2 is 2.06 bits per heavy atom. The second kappa shape index (κ2) is 12.0. The summed E-state index contributed by atoms with van der Waals surface area (Å²) in [4.78, 5) is 11.9. The molecule has 9 heteroatoms. The van der Waals surface area contributed by atoms with E-state index in [-0.39, 0.29) is 36.2 Å². The highest BCUT2D eigenvalue weighted by molar-refractivity contribution is 14.0. The molecule has 31 heavy (non-hydrogen) atoms. The highest BCUT2D eigenvalue weighted by Gasteiger charge is 2.32. The SMILES string of the molecule is CCNC(=NCc1csc(-c2ccc(OC)cc2)n1)N1CCOC(C2CCCO2)C1.I. The van der Waals surface area contributed by atoms with Gasteiger partial charge in [0.1, 0.15) is 16.9 Å². The number of thiazole rings is 1. The lowest BCUT2D eigenvalue weighted by Gasteiger charge is -2.37. The molecule has 2 aromatic rings. The van der Waals surface area contributed by atoms with Crippen LogP contribution < -0.4 is 10.1 Å². The van der Waals surface area contributed by atoms with E-state index in [0.29, 0.717) is 13.2 Å². The molecule has 0 aliphatic carbocycles. The normalized spacial score (nSPS) is 21.6. The van der Waals surface area contributed by atoms with E-state index < -0.39 is 0 Å². The number of guanidine groups is 1. The van der Waals surface area contributed by atoms with Gasteiger partial charge >= 0.3 is 0 Å². The van der Waals surface area contributed by atoms with Crippen LogP contribution in [-0.4, -0.2) is 68.0 Å². The molecule has 170 valence electrons. The Morgan fingerprint density at radius 1 is 1.26 bits per heavy atom. The lowest BCUT2D eigenvalue weighted by molar-refractivity contribution is -0.0817. The van der Waals surface area contributed by atoms with Crippen molar-refractivity contribution in [3.05, 3.63) is 35.3 Å². The van der Waals surface area contributed by atoms with Gasteiger partial charge < -0.3 is 24.4 Å². The highest BCUT2D eigenvalue weighted by atomic mass is 127. The summed E-state index contributed by atoms with van der Waals surface area (Å²) in [5.41, 5.74) is 2.07. The lowest BCUT2D eigenvalue weighted by atomic mass is 10.1. The first kappa shape index (κ1) is 24.2. The number of benzene rings is 1. The molecule has 2 fully saturated rings. The van der Waals surface area contributed by atoms with Crippen molar-refractivity contribution in [1.82, 2.24) is 15.2 Å². The number of hydrogen-bond acceptors (Lipinski definition) is 6. The first-order valence-corrected chi connectivity index (χ1v) is 11.5. The second-order valence-corrected chi connectivity index (χ2v) is 8.31. The summed E-state index contributed by atoms with van der Waals surface area (Å²) in [6, 6.07) is 7.99. The van der Waals surface area contributed by atoms with Crippen LogP contribution in [-0.2, 0) is 16.0 Å². The number of methoxy groups -OCH3 is 1. The van der Waals surface area contributed by atoms with Crippen molar-refractivity contribution < 1.29 is 14.2 Å². The Balaban J connectivity index is 0.00000272. The summed E-state index contributed by atoms with van der Waals surface area (Å²) in [5, 5.41) is 6.51. The average Bonchev–Trinajstić information content (AvgIpc) is 3.49. The van der Waals surface area contributed by atoms with Crippen molar-refractivity contribution in [2.75, 3.05) is 40.0 Å². The fourth-order valence-corrected chi connectivity index (χ4v) is 4.63. The fourth-order valence-electron chi connectivity index (χ4n) is 3.82. The molecule has 2 aliphatic heterocycles. The van der Waals surface area contributed by atoms with Crippen molar-refractivity contribution in [2.45, 2.75) is 38.5 Å². The third-order valence-corrected chi connectivity index (χ3v) is 6.33. The number of aromatic nitrogens is 1. The van der Waals surface area contributed by atoms with Crippen LogP contribution in [0.15, 0.2) is 34.6 Å². The molecule has 2 aliphatic rings. The molecule has 2 saturated heterocycles. The summed E-state index contributed by atoms with van der Waals surface area (Å²) in [5.74, 6) is 1.77. The van der Waals surface area contributed by atoms with Gasteiger partial charge in [-0.3, -0.25) is 0 Å². The van der Waals surface area contributed by atoms with Gasteiger partial charge in [-0.05, 0) is 44.0 Å². The minimum Gasteiger partial charge on any atom is -0.497 e. The Kier molecular flexibility index (Phi) is 9.36. The zero-order valence-electron chi connectivity index (χ0n) is 18.1. The molecule has 0 spiro atoms. The number of morpholine rings is 1. The van der Waals surface area contributed by atoms with Crippen LogP contribution in [0, 0.1) is 0 Å². The van der Waals surface area contributed by atoms with Crippen LogP contribution in [0.1, 0.15) is 25.5 Å². The van der Waals surface area contributed by atoms with E-state index in [1.54, 1.807) is 18.4 Å². The molecule has 2 unspecified atom stereocenters. The molecular weight excluding hydrogens is 527 g/mol. The van der Waals surface area contributed by atoms with Crippen molar-refractivity contribution in [1.29, 1.82) is 0 Å². The quantitative estimate of drug-likeness (QED) is 0.331. The predicted molar refractivity (Wildman–Crippen MR) is 135 cm³/mol. The van der Waals surface area contributed by atoms with Crippen LogP contribution >= 0.6 is 35.3 Å². The number of nitrogens with zero attached hydrogens (tertiary/aromatic N) is 3. The molecule has 0 radical (unpaired) electrons. The van der Waals surface area contributed by atoms with E-state index in [1.807, 2.05) is 24.3 Å². The molecule has 0 amide bonds. The summed E-state index contributed by atoms with van der Waals surface area (Å²) in [6.45, 7) is 6.67. The van der Waals surface area contributed by atoms with Crippen LogP contribution in [0.25, 0.3) is 10.6 Å². The monoisotopic (exact) mass is 558 g/mol. The molecule has 1 N–H and O–H groups in total. The second-order valence-electron chi connectivity index (χ2n) is 7.45. The van der Waals surface area contributed by atoms with Crippen LogP contribution in [0.3, 0.4) is 0 Å². The number of nitrogens with one attached hydrogen (secondary N) is 1. The largest absolute Gasteiger partial charge is 0.497 e.